The molecule has 0 bridgehead atoms. The molecule has 0 aliphatic carbocycles. The SMILES string of the molecule is COc1cc(C(=O)O)ccc1CN(C[C@H](CS(C)(C)C(C)(C)C)c1ccc(O)c2[nH]c(=O)ccc12)C(=O)OC(C)(C)C. The molecule has 1 heterocycles. The van der Waals surface area contributed by atoms with Crippen molar-refractivity contribution in [3.63, 3.8) is 0 Å². The standard InChI is InChI=1S/C32H44N2O7S/c1-31(2,3)41-30(39)34(17-21-11-10-20(29(37)38)16-26(21)40-7)18-22(19-42(8,9)32(4,5)6)23-12-14-25(35)28-24(23)13-15-27(36)33-28/h10-16,22,35H,17-19H2,1-9H3,(H,33,36)(H,37,38)/t22-/m1/s1. The number of phenolic OH excluding ortho intramolecular Hbond substituents is 1. The second-order valence-corrected chi connectivity index (χ2v) is 17.6. The highest BCUT2D eigenvalue weighted by molar-refractivity contribution is 8.33. The number of carboxylic acid groups (broad SMARTS) is 1. The van der Waals surface area contributed by atoms with E-state index in [4.69, 9.17) is 9.47 Å². The van der Waals surface area contributed by atoms with E-state index in [9.17, 15) is 24.6 Å². The van der Waals surface area contributed by atoms with Gasteiger partial charge in [-0.1, -0.05) is 32.9 Å². The number of hydrogen-bond acceptors (Lipinski definition) is 6. The molecule has 9 nitrogen and oxygen atoms in total. The lowest BCUT2D eigenvalue weighted by atomic mass is 9.95. The highest BCUT2D eigenvalue weighted by Crippen LogP contribution is 2.55. The van der Waals surface area contributed by atoms with Crippen LogP contribution < -0.4 is 10.3 Å². The van der Waals surface area contributed by atoms with E-state index in [-0.39, 0.29) is 40.6 Å². The van der Waals surface area contributed by atoms with Crippen molar-refractivity contribution in [3.05, 3.63) is 69.5 Å². The van der Waals surface area contributed by atoms with Crippen LogP contribution in [0.3, 0.4) is 0 Å². The summed E-state index contributed by atoms with van der Waals surface area (Å²) in [4.78, 5) is 41.8. The van der Waals surface area contributed by atoms with Crippen LogP contribution in [-0.2, 0) is 11.3 Å². The predicted molar refractivity (Wildman–Crippen MR) is 170 cm³/mol. The fourth-order valence-corrected chi connectivity index (χ4v) is 6.41. The summed E-state index contributed by atoms with van der Waals surface area (Å²) >= 11 is 0. The molecule has 1 amide bonds. The van der Waals surface area contributed by atoms with Crippen molar-refractivity contribution in [2.24, 2.45) is 0 Å². The zero-order valence-electron chi connectivity index (χ0n) is 26.0. The number of fused-ring (bicyclic) bond motifs is 1. The third-order valence-corrected chi connectivity index (χ3v) is 12.2. The Kier molecular flexibility index (Phi) is 9.61. The highest BCUT2D eigenvalue weighted by atomic mass is 32.3. The van der Waals surface area contributed by atoms with Gasteiger partial charge >= 0.3 is 12.1 Å². The van der Waals surface area contributed by atoms with Crippen molar-refractivity contribution in [2.75, 3.05) is 31.9 Å². The molecular formula is C32H44N2O7S. The fraction of sp³-hybridized carbons (Fsp3) is 0.469. The molecule has 1 aromatic heterocycles. The molecule has 1 atom stereocenters. The lowest BCUT2D eigenvalue weighted by molar-refractivity contribution is 0.0223. The van der Waals surface area contributed by atoms with Crippen molar-refractivity contribution in [3.8, 4) is 11.5 Å². The van der Waals surface area contributed by atoms with Crippen molar-refractivity contribution >= 4 is 33.0 Å². The van der Waals surface area contributed by atoms with Crippen LogP contribution in [0.5, 0.6) is 11.5 Å². The molecule has 0 unspecified atom stereocenters. The molecule has 0 aliphatic rings. The van der Waals surface area contributed by atoms with Crippen LogP contribution in [0.4, 0.5) is 4.79 Å². The quantitative estimate of drug-likeness (QED) is 0.262. The minimum atomic E-state index is -1.24. The number of pyridine rings is 1. The Bertz CT molecular complexity index is 1520. The summed E-state index contributed by atoms with van der Waals surface area (Å²) in [6.07, 6.45) is 4.03. The Morgan fingerprint density at radius 2 is 1.69 bits per heavy atom. The van der Waals surface area contributed by atoms with E-state index in [1.807, 2.05) is 6.07 Å². The number of ether oxygens (including phenoxy) is 2. The summed E-state index contributed by atoms with van der Waals surface area (Å²) in [7, 11) is 0.219. The molecule has 0 aliphatic heterocycles. The lowest BCUT2D eigenvalue weighted by Gasteiger charge is -2.47. The molecule has 0 saturated carbocycles. The van der Waals surface area contributed by atoms with Crippen molar-refractivity contribution in [1.82, 2.24) is 9.88 Å². The molecule has 0 saturated heterocycles. The number of aromatic amines is 1. The van der Waals surface area contributed by atoms with Crippen molar-refractivity contribution < 1.29 is 29.3 Å². The first-order valence-electron chi connectivity index (χ1n) is 13.8. The Labute approximate surface area is 249 Å². The summed E-state index contributed by atoms with van der Waals surface area (Å²) in [6, 6.07) is 11.2. The predicted octanol–water partition coefficient (Wildman–Crippen LogP) is 6.32. The van der Waals surface area contributed by atoms with Gasteiger partial charge in [0.25, 0.3) is 0 Å². The van der Waals surface area contributed by atoms with E-state index in [2.05, 4.69) is 38.3 Å². The number of carbonyl (C=O) groups excluding carboxylic acids is 1. The number of aromatic hydroxyl groups is 1. The number of methoxy groups -OCH3 is 1. The maximum atomic E-state index is 13.7. The molecule has 42 heavy (non-hydrogen) atoms. The van der Waals surface area contributed by atoms with Crippen LogP contribution in [0.1, 0.15) is 68.9 Å². The molecule has 0 radical (unpaired) electrons. The van der Waals surface area contributed by atoms with Crippen LogP contribution in [0.2, 0.25) is 0 Å². The minimum absolute atomic E-state index is 0.00107. The van der Waals surface area contributed by atoms with Crippen LogP contribution in [0, 0.1) is 0 Å². The number of rotatable bonds is 9. The minimum Gasteiger partial charge on any atom is -0.506 e. The van der Waals surface area contributed by atoms with Gasteiger partial charge in [-0.15, -0.1) is 0 Å². The van der Waals surface area contributed by atoms with E-state index < -0.39 is 27.7 Å². The normalized spacial score (nSPS) is 13.5. The summed E-state index contributed by atoms with van der Waals surface area (Å²) in [5.41, 5.74) is 0.892. The van der Waals surface area contributed by atoms with Crippen molar-refractivity contribution in [2.45, 2.75) is 64.4 Å². The fourth-order valence-electron chi connectivity index (χ4n) is 4.62. The molecule has 3 aromatic rings. The average molecular weight is 601 g/mol. The number of hydrogen-bond donors (Lipinski definition) is 3. The van der Waals surface area contributed by atoms with E-state index in [0.717, 1.165) is 11.3 Å². The molecule has 10 heteroatoms. The second-order valence-electron chi connectivity index (χ2n) is 13.0. The van der Waals surface area contributed by atoms with Gasteiger partial charge in [0, 0.05) is 29.5 Å². The van der Waals surface area contributed by atoms with Crippen LogP contribution in [-0.4, -0.2) is 74.4 Å². The number of nitrogens with one attached hydrogen (secondary N) is 1. The third kappa shape index (κ3) is 7.79. The summed E-state index contributed by atoms with van der Waals surface area (Å²) in [6.45, 7) is 12.4. The molecule has 3 N–H and O–H groups in total. The van der Waals surface area contributed by atoms with E-state index in [1.165, 1.54) is 25.3 Å². The van der Waals surface area contributed by atoms with Gasteiger partial charge in [0.15, 0.2) is 0 Å². The van der Waals surface area contributed by atoms with Gasteiger partial charge in [0.05, 0.1) is 24.7 Å². The summed E-state index contributed by atoms with van der Waals surface area (Å²) in [5, 5.41) is 20.7. The topological polar surface area (TPSA) is 129 Å². The molecule has 2 aromatic carbocycles. The van der Waals surface area contributed by atoms with Gasteiger partial charge in [-0.3, -0.25) is 4.79 Å². The third-order valence-electron chi connectivity index (χ3n) is 7.61. The Morgan fingerprint density at radius 1 is 1.02 bits per heavy atom. The molecule has 0 fully saturated rings. The number of carbonyl (C=O) groups is 2. The first kappa shape index (κ1) is 32.8. The lowest BCUT2D eigenvalue weighted by Crippen LogP contribution is -2.40. The summed E-state index contributed by atoms with van der Waals surface area (Å²) in [5.74, 6) is -0.189. The van der Waals surface area contributed by atoms with Gasteiger partial charge in [-0.25, -0.2) is 19.6 Å². The number of carboxylic acids is 1. The van der Waals surface area contributed by atoms with Crippen LogP contribution >= 0.6 is 10.0 Å². The maximum absolute atomic E-state index is 13.7. The molecule has 3 rings (SSSR count). The van der Waals surface area contributed by atoms with Gasteiger partial charge in [0.2, 0.25) is 5.56 Å². The Morgan fingerprint density at radius 3 is 2.26 bits per heavy atom. The van der Waals surface area contributed by atoms with Crippen LogP contribution in [0.15, 0.2) is 47.3 Å². The average Bonchev–Trinajstić information content (AvgIpc) is 2.86. The van der Waals surface area contributed by atoms with Crippen molar-refractivity contribution in [1.29, 1.82) is 0 Å². The number of aromatic carboxylic acids is 1. The van der Waals surface area contributed by atoms with E-state index in [1.54, 1.807) is 43.9 Å². The van der Waals surface area contributed by atoms with E-state index >= 15 is 0 Å². The Balaban J connectivity index is 2.18. The monoisotopic (exact) mass is 600 g/mol. The molecule has 230 valence electrons. The number of amides is 1. The maximum Gasteiger partial charge on any atom is 0.410 e. The second kappa shape index (κ2) is 12.3. The molecular weight excluding hydrogens is 556 g/mol. The number of H-pyrrole nitrogens is 1. The van der Waals surface area contributed by atoms with Gasteiger partial charge in [-0.2, -0.15) is 0 Å². The Hall–Kier alpha value is -3.66. The number of nitrogens with zero attached hydrogens (tertiary/aromatic N) is 1. The first-order valence-corrected chi connectivity index (χ1v) is 16.4. The zero-order valence-corrected chi connectivity index (χ0v) is 26.8. The largest absolute Gasteiger partial charge is 0.506 e. The number of aromatic nitrogens is 1. The van der Waals surface area contributed by atoms with Crippen LogP contribution in [0.25, 0.3) is 10.9 Å². The van der Waals surface area contributed by atoms with Gasteiger partial charge in [0.1, 0.15) is 17.1 Å². The molecule has 0 spiro atoms. The van der Waals surface area contributed by atoms with Gasteiger partial charge < -0.3 is 29.6 Å². The van der Waals surface area contributed by atoms with E-state index in [0.29, 0.717) is 22.2 Å². The number of phenols is 1. The highest BCUT2D eigenvalue weighted by Gasteiger charge is 2.34. The first-order chi connectivity index (χ1) is 19.3. The zero-order chi connectivity index (χ0) is 31.6. The summed E-state index contributed by atoms with van der Waals surface area (Å²) < 4.78 is 11.3. The number of benzene rings is 2. The van der Waals surface area contributed by atoms with Gasteiger partial charge in [-0.05, 0) is 73.6 Å². The smallest absolute Gasteiger partial charge is 0.410 e.